The van der Waals surface area contributed by atoms with Crippen LogP contribution in [0.3, 0.4) is 0 Å². The summed E-state index contributed by atoms with van der Waals surface area (Å²) in [6.07, 6.45) is 5.47. The van der Waals surface area contributed by atoms with Gasteiger partial charge in [-0.05, 0) is 48.1 Å². The molecular weight excluding hydrogens is 364 g/mol. The number of likely N-dealkylation sites (tertiary alicyclic amines) is 1. The lowest BCUT2D eigenvalue weighted by Crippen LogP contribution is -2.46. The fourth-order valence-corrected chi connectivity index (χ4v) is 3.91. The van der Waals surface area contributed by atoms with Gasteiger partial charge in [-0.3, -0.25) is 9.59 Å². The Morgan fingerprint density at radius 3 is 2.89 bits per heavy atom. The van der Waals surface area contributed by atoms with Crippen LogP contribution in [0.25, 0.3) is 0 Å². The van der Waals surface area contributed by atoms with Crippen molar-refractivity contribution in [2.24, 2.45) is 5.92 Å². The molecule has 0 spiro atoms. The monoisotopic (exact) mass is 392 g/mol. The number of nitrogens with one attached hydrogen (secondary N) is 2. The van der Waals surface area contributed by atoms with Crippen molar-refractivity contribution in [3.63, 3.8) is 0 Å². The number of nitrogens with zero attached hydrogens (tertiary/aromatic N) is 4. The molecule has 1 aromatic rings. The zero-order valence-corrected chi connectivity index (χ0v) is 16.2. The Bertz CT molecular complexity index is 728. The first-order valence-corrected chi connectivity index (χ1v) is 9.91. The van der Waals surface area contributed by atoms with Crippen LogP contribution in [0, 0.1) is 23.0 Å². The Hall–Kier alpha value is -2.49. The van der Waals surface area contributed by atoms with Crippen molar-refractivity contribution >= 4 is 17.6 Å². The van der Waals surface area contributed by atoms with Crippen molar-refractivity contribution in [2.75, 3.05) is 26.2 Å². The van der Waals surface area contributed by atoms with Gasteiger partial charge in [0, 0.05) is 39.5 Å². The maximum absolute atomic E-state index is 12.6. The highest BCUT2D eigenvalue weighted by atomic mass is 16.6. The van der Waals surface area contributed by atoms with Crippen LogP contribution in [0.1, 0.15) is 37.9 Å². The molecular formula is C18H28N6O4. The molecule has 3 rings (SSSR count). The van der Waals surface area contributed by atoms with E-state index in [9.17, 15) is 19.7 Å². The van der Waals surface area contributed by atoms with Crippen LogP contribution in [0.15, 0.2) is 6.20 Å². The molecule has 2 fully saturated rings. The summed E-state index contributed by atoms with van der Waals surface area (Å²) in [6, 6.07) is -0.0798. The number of nitro groups is 1. The quantitative estimate of drug-likeness (QED) is 0.517. The molecule has 0 aliphatic carbocycles. The first-order chi connectivity index (χ1) is 13.4. The van der Waals surface area contributed by atoms with Gasteiger partial charge in [-0.2, -0.15) is 0 Å². The molecule has 2 unspecified atom stereocenters. The van der Waals surface area contributed by atoms with Crippen molar-refractivity contribution < 1.29 is 14.5 Å². The van der Waals surface area contributed by atoms with Gasteiger partial charge in [-0.25, -0.2) is 0 Å². The fourth-order valence-electron chi connectivity index (χ4n) is 3.91. The predicted octanol–water partition coefficient (Wildman–Crippen LogP) is 0.597. The van der Waals surface area contributed by atoms with E-state index in [1.54, 1.807) is 11.5 Å². The molecule has 3 heterocycles. The number of aryl methyl sites for hydroxylation is 2. The number of piperidine rings is 1. The lowest BCUT2D eigenvalue weighted by atomic mass is 9.97. The highest BCUT2D eigenvalue weighted by Crippen LogP contribution is 2.18. The minimum absolute atomic E-state index is 0.0317. The summed E-state index contributed by atoms with van der Waals surface area (Å²) in [7, 11) is 0. The second-order valence-electron chi connectivity index (χ2n) is 7.59. The van der Waals surface area contributed by atoms with Gasteiger partial charge in [-0.1, -0.05) is 0 Å². The summed E-state index contributed by atoms with van der Waals surface area (Å²) < 4.78 is 1.65. The molecule has 0 aromatic carbocycles. The number of hydrogen-bond acceptors (Lipinski definition) is 6. The number of amides is 2. The molecule has 2 saturated heterocycles. The normalized spacial score (nSPS) is 22.2. The zero-order chi connectivity index (χ0) is 20.1. The molecule has 2 atom stereocenters. The highest BCUT2D eigenvalue weighted by molar-refractivity contribution is 5.82. The summed E-state index contributed by atoms with van der Waals surface area (Å²) in [5, 5.41) is 17.0. The Morgan fingerprint density at radius 1 is 1.39 bits per heavy atom. The molecule has 28 heavy (non-hydrogen) atoms. The second kappa shape index (κ2) is 9.13. The topological polar surface area (TPSA) is 122 Å². The second-order valence-corrected chi connectivity index (χ2v) is 7.59. The SMILES string of the molecule is Cc1nc([N+](=O)[O-])cn1CCC(=O)N1CCCC(CNC(=O)C2CCCN2)C1. The summed E-state index contributed by atoms with van der Waals surface area (Å²) in [5.41, 5.74) is 0. The van der Waals surface area contributed by atoms with Crippen LogP contribution in [-0.2, 0) is 16.1 Å². The Labute approximate surface area is 163 Å². The smallest absolute Gasteiger partial charge is 0.358 e. The Morgan fingerprint density at radius 2 is 2.21 bits per heavy atom. The van der Waals surface area contributed by atoms with Gasteiger partial charge in [0.2, 0.25) is 17.6 Å². The van der Waals surface area contributed by atoms with Crippen molar-refractivity contribution in [1.82, 2.24) is 25.1 Å². The number of imidazole rings is 1. The Kier molecular flexibility index (Phi) is 6.61. The van der Waals surface area contributed by atoms with E-state index in [0.29, 0.717) is 25.5 Å². The third-order valence-electron chi connectivity index (χ3n) is 5.53. The first kappa shape index (κ1) is 20.2. The van der Waals surface area contributed by atoms with Crippen LogP contribution in [0.2, 0.25) is 0 Å². The third kappa shape index (κ3) is 5.06. The largest absolute Gasteiger partial charge is 0.381 e. The molecule has 0 radical (unpaired) electrons. The molecule has 1 aromatic heterocycles. The standard InChI is InChI=1S/C18H28N6O4/c1-13-21-16(24(27)28)12-22(13)9-6-17(25)23-8-3-4-14(11-23)10-20-18(26)15-5-2-7-19-15/h12,14-15,19H,2-11H2,1H3,(H,20,26). The van der Waals surface area contributed by atoms with E-state index in [4.69, 9.17) is 0 Å². The predicted molar refractivity (Wildman–Crippen MR) is 102 cm³/mol. The van der Waals surface area contributed by atoms with Crippen molar-refractivity contribution in [3.8, 4) is 0 Å². The number of rotatable bonds is 7. The van der Waals surface area contributed by atoms with Crippen LogP contribution in [0.5, 0.6) is 0 Å². The van der Waals surface area contributed by atoms with Crippen molar-refractivity contribution in [1.29, 1.82) is 0 Å². The average molecular weight is 392 g/mol. The van der Waals surface area contributed by atoms with Gasteiger partial charge in [0.1, 0.15) is 6.20 Å². The maximum Gasteiger partial charge on any atom is 0.381 e. The molecule has 2 aliphatic rings. The third-order valence-corrected chi connectivity index (χ3v) is 5.53. The molecule has 154 valence electrons. The van der Waals surface area contributed by atoms with Gasteiger partial charge >= 0.3 is 5.82 Å². The molecule has 10 heteroatoms. The highest BCUT2D eigenvalue weighted by Gasteiger charge is 2.26. The minimum atomic E-state index is -0.532. The molecule has 10 nitrogen and oxygen atoms in total. The van der Waals surface area contributed by atoms with E-state index in [1.165, 1.54) is 6.20 Å². The van der Waals surface area contributed by atoms with Crippen molar-refractivity contribution in [3.05, 3.63) is 22.1 Å². The van der Waals surface area contributed by atoms with Crippen LogP contribution in [-0.4, -0.2) is 63.4 Å². The fraction of sp³-hybridized carbons (Fsp3) is 0.722. The first-order valence-electron chi connectivity index (χ1n) is 9.91. The van der Waals surface area contributed by atoms with Gasteiger partial charge in [0.25, 0.3) is 0 Å². The summed E-state index contributed by atoms with van der Waals surface area (Å²) >= 11 is 0. The van der Waals surface area contributed by atoms with Crippen molar-refractivity contribution in [2.45, 2.75) is 51.6 Å². The van der Waals surface area contributed by atoms with Crippen LogP contribution >= 0.6 is 0 Å². The summed E-state index contributed by atoms with van der Waals surface area (Å²) in [5.74, 6) is 0.677. The van der Waals surface area contributed by atoms with E-state index in [1.807, 2.05) is 4.90 Å². The van der Waals surface area contributed by atoms with Gasteiger partial charge in [0.15, 0.2) is 0 Å². The van der Waals surface area contributed by atoms with E-state index < -0.39 is 4.92 Å². The number of carbonyl (C=O) groups excluding carboxylic acids is 2. The minimum Gasteiger partial charge on any atom is -0.358 e. The van der Waals surface area contributed by atoms with Gasteiger partial charge in [-0.15, -0.1) is 0 Å². The van der Waals surface area contributed by atoms with Gasteiger partial charge < -0.3 is 30.2 Å². The summed E-state index contributed by atoms with van der Waals surface area (Å²) in [6.45, 7) is 4.90. The lowest BCUT2D eigenvalue weighted by molar-refractivity contribution is -0.389. The summed E-state index contributed by atoms with van der Waals surface area (Å²) in [4.78, 5) is 40.7. The molecule has 2 N–H and O–H groups in total. The molecule has 2 aliphatic heterocycles. The van der Waals surface area contributed by atoms with E-state index in [-0.39, 0.29) is 36.0 Å². The number of hydrogen-bond donors (Lipinski definition) is 2. The lowest BCUT2D eigenvalue weighted by Gasteiger charge is -2.33. The number of aromatic nitrogens is 2. The molecule has 0 bridgehead atoms. The zero-order valence-electron chi connectivity index (χ0n) is 16.2. The van der Waals surface area contributed by atoms with Crippen LogP contribution < -0.4 is 10.6 Å². The van der Waals surface area contributed by atoms with Gasteiger partial charge in [0.05, 0.1) is 6.04 Å². The molecule has 0 saturated carbocycles. The number of carbonyl (C=O) groups is 2. The Balaban J connectivity index is 1.44. The van der Waals surface area contributed by atoms with Crippen LogP contribution in [0.4, 0.5) is 5.82 Å². The molecule has 2 amide bonds. The maximum atomic E-state index is 12.6. The van der Waals surface area contributed by atoms with E-state index in [0.717, 1.165) is 38.8 Å². The van der Waals surface area contributed by atoms with E-state index >= 15 is 0 Å². The average Bonchev–Trinajstić information content (AvgIpc) is 3.34. The van der Waals surface area contributed by atoms with E-state index in [2.05, 4.69) is 15.6 Å².